The SMILES string of the molecule is CC(Nc1c(-c2c(F)cc(C#CCCN(C)C)cc2F)c(Cl)nc2ncnn12)C(C)(C)C. The monoisotopic (exact) mass is 460 g/mol. The number of halogens is 3. The zero-order chi connectivity index (χ0) is 23.6. The van der Waals surface area contributed by atoms with Crippen LogP contribution in [0.4, 0.5) is 14.6 Å². The van der Waals surface area contributed by atoms with Crippen LogP contribution in [0.5, 0.6) is 0 Å². The number of nitrogens with one attached hydrogen (secondary N) is 1. The van der Waals surface area contributed by atoms with Gasteiger partial charge in [-0.15, -0.1) is 0 Å². The topological polar surface area (TPSA) is 58.3 Å². The Balaban J connectivity index is 2.13. The smallest absolute Gasteiger partial charge is 0.255 e. The van der Waals surface area contributed by atoms with Crippen molar-refractivity contribution in [2.24, 2.45) is 5.41 Å². The fourth-order valence-corrected chi connectivity index (χ4v) is 3.18. The quantitative estimate of drug-likeness (QED) is 0.434. The van der Waals surface area contributed by atoms with E-state index < -0.39 is 11.6 Å². The summed E-state index contributed by atoms with van der Waals surface area (Å²) in [5, 5.41) is 7.41. The van der Waals surface area contributed by atoms with E-state index in [0.717, 1.165) is 6.54 Å². The maximum Gasteiger partial charge on any atom is 0.255 e. The minimum absolute atomic E-state index is 0.0725. The molecule has 0 bridgehead atoms. The van der Waals surface area contributed by atoms with Gasteiger partial charge >= 0.3 is 0 Å². The van der Waals surface area contributed by atoms with Crippen LogP contribution in [0.1, 0.15) is 39.7 Å². The van der Waals surface area contributed by atoms with Gasteiger partial charge in [-0.2, -0.15) is 19.6 Å². The Labute approximate surface area is 192 Å². The van der Waals surface area contributed by atoms with Crippen molar-refractivity contribution in [3.63, 3.8) is 0 Å². The number of fused-ring (bicyclic) bond motifs is 1. The van der Waals surface area contributed by atoms with E-state index in [0.29, 0.717) is 12.2 Å². The van der Waals surface area contributed by atoms with Crippen LogP contribution in [-0.2, 0) is 0 Å². The number of rotatable bonds is 5. The van der Waals surface area contributed by atoms with Gasteiger partial charge in [0.1, 0.15) is 28.9 Å². The average molecular weight is 461 g/mol. The molecule has 2 aromatic heterocycles. The highest BCUT2D eigenvalue weighted by Crippen LogP contribution is 2.39. The predicted octanol–water partition coefficient (Wildman–Crippen LogP) is 4.87. The van der Waals surface area contributed by atoms with Gasteiger partial charge in [-0.05, 0) is 38.6 Å². The molecule has 0 aliphatic rings. The van der Waals surface area contributed by atoms with E-state index in [1.807, 2.05) is 25.9 Å². The van der Waals surface area contributed by atoms with Gasteiger partial charge in [0, 0.05) is 24.6 Å². The maximum atomic E-state index is 15.2. The standard InChI is InChI=1S/C23H27ClF2N6/c1-14(23(2,3)4)29-21-19(20(24)30-22-27-13-28-32(21)22)18-16(25)11-15(12-17(18)26)9-7-8-10-31(5)6/h11-14,29H,8,10H2,1-6H3. The normalized spacial score (nSPS) is 12.7. The van der Waals surface area contributed by atoms with Crippen LogP contribution >= 0.6 is 11.6 Å². The van der Waals surface area contributed by atoms with Gasteiger partial charge in [-0.1, -0.05) is 44.2 Å². The molecule has 0 fully saturated rings. The summed E-state index contributed by atoms with van der Waals surface area (Å²) in [6.45, 7) is 8.89. The second-order valence-electron chi connectivity index (χ2n) is 9.00. The van der Waals surface area contributed by atoms with Gasteiger partial charge in [0.25, 0.3) is 5.78 Å². The maximum absolute atomic E-state index is 15.2. The first kappa shape index (κ1) is 23.9. The Bertz CT molecular complexity index is 1160. The molecule has 6 nitrogen and oxygen atoms in total. The minimum Gasteiger partial charge on any atom is -0.366 e. The number of aromatic nitrogens is 4. The Kier molecular flexibility index (Phi) is 7.01. The van der Waals surface area contributed by atoms with Gasteiger partial charge in [0.05, 0.1) is 11.1 Å². The van der Waals surface area contributed by atoms with Crippen molar-refractivity contribution in [1.82, 2.24) is 24.5 Å². The molecule has 9 heteroatoms. The summed E-state index contributed by atoms with van der Waals surface area (Å²) in [7, 11) is 3.87. The first-order valence-corrected chi connectivity index (χ1v) is 10.7. The molecule has 3 rings (SSSR count). The largest absolute Gasteiger partial charge is 0.366 e. The summed E-state index contributed by atoms with van der Waals surface area (Å²) < 4.78 is 31.8. The molecule has 3 aromatic rings. The molecule has 0 aliphatic carbocycles. The molecule has 0 saturated heterocycles. The molecule has 2 heterocycles. The third-order valence-corrected chi connectivity index (χ3v) is 5.52. The van der Waals surface area contributed by atoms with Crippen LogP contribution < -0.4 is 5.32 Å². The fourth-order valence-electron chi connectivity index (χ4n) is 2.92. The van der Waals surface area contributed by atoms with Gasteiger partial charge < -0.3 is 10.2 Å². The van der Waals surface area contributed by atoms with Crippen molar-refractivity contribution >= 4 is 23.2 Å². The predicted molar refractivity (Wildman–Crippen MR) is 124 cm³/mol. The highest BCUT2D eigenvalue weighted by atomic mass is 35.5. The Morgan fingerprint density at radius 2 is 1.84 bits per heavy atom. The van der Waals surface area contributed by atoms with Crippen LogP contribution in [0.25, 0.3) is 16.9 Å². The summed E-state index contributed by atoms with van der Waals surface area (Å²) in [5.41, 5.74) is -0.0977. The van der Waals surface area contributed by atoms with E-state index in [-0.39, 0.29) is 39.1 Å². The Morgan fingerprint density at radius 3 is 2.44 bits per heavy atom. The van der Waals surface area contributed by atoms with Crippen molar-refractivity contribution in [2.45, 2.75) is 40.2 Å². The van der Waals surface area contributed by atoms with Crippen LogP contribution in [-0.4, -0.2) is 51.2 Å². The zero-order valence-corrected chi connectivity index (χ0v) is 19.8. The zero-order valence-electron chi connectivity index (χ0n) is 19.1. The number of anilines is 1. The lowest BCUT2D eigenvalue weighted by Crippen LogP contribution is -2.32. The third-order valence-electron chi connectivity index (χ3n) is 5.24. The van der Waals surface area contributed by atoms with E-state index in [9.17, 15) is 0 Å². The fraction of sp³-hybridized carbons (Fsp3) is 0.435. The molecule has 0 radical (unpaired) electrons. The molecule has 0 saturated carbocycles. The summed E-state index contributed by atoms with van der Waals surface area (Å²) in [4.78, 5) is 10.2. The lowest BCUT2D eigenvalue weighted by molar-refractivity contribution is 0.358. The first-order chi connectivity index (χ1) is 15.0. The van der Waals surface area contributed by atoms with E-state index in [4.69, 9.17) is 11.6 Å². The van der Waals surface area contributed by atoms with Gasteiger partial charge in [0.2, 0.25) is 0 Å². The van der Waals surface area contributed by atoms with Crippen molar-refractivity contribution in [1.29, 1.82) is 0 Å². The molecule has 1 atom stereocenters. The summed E-state index contributed by atoms with van der Waals surface area (Å²) in [6.07, 6.45) is 1.91. The number of hydrogen-bond acceptors (Lipinski definition) is 5. The van der Waals surface area contributed by atoms with E-state index in [1.54, 1.807) is 0 Å². The molecule has 0 spiro atoms. The Hall–Kier alpha value is -2.76. The number of nitrogens with zero attached hydrogens (tertiary/aromatic N) is 5. The highest BCUT2D eigenvalue weighted by Gasteiger charge is 2.27. The van der Waals surface area contributed by atoms with E-state index in [2.05, 4.69) is 53.0 Å². The van der Waals surface area contributed by atoms with Crippen LogP contribution in [0.15, 0.2) is 18.5 Å². The molecule has 0 amide bonds. The van der Waals surface area contributed by atoms with Crippen LogP contribution in [0.3, 0.4) is 0 Å². The van der Waals surface area contributed by atoms with Crippen molar-refractivity contribution < 1.29 is 8.78 Å². The Morgan fingerprint density at radius 1 is 1.19 bits per heavy atom. The molecule has 0 aliphatic heterocycles. The second kappa shape index (κ2) is 9.39. The lowest BCUT2D eigenvalue weighted by Gasteiger charge is -2.30. The number of benzene rings is 1. The molecule has 1 aromatic carbocycles. The molecule has 170 valence electrons. The molecule has 1 N–H and O–H groups in total. The van der Waals surface area contributed by atoms with Crippen molar-refractivity contribution in [3.05, 3.63) is 40.8 Å². The summed E-state index contributed by atoms with van der Waals surface area (Å²) >= 11 is 6.42. The highest BCUT2D eigenvalue weighted by molar-refractivity contribution is 6.33. The molecule has 1 unspecified atom stereocenters. The molecule has 32 heavy (non-hydrogen) atoms. The van der Waals surface area contributed by atoms with Crippen LogP contribution in [0, 0.1) is 28.9 Å². The van der Waals surface area contributed by atoms with Crippen molar-refractivity contribution in [3.8, 4) is 23.0 Å². The first-order valence-electron chi connectivity index (χ1n) is 10.3. The van der Waals surface area contributed by atoms with E-state index in [1.165, 1.54) is 23.0 Å². The minimum atomic E-state index is -0.781. The molecular weight excluding hydrogens is 434 g/mol. The second-order valence-corrected chi connectivity index (χ2v) is 9.36. The lowest BCUT2D eigenvalue weighted by atomic mass is 9.88. The van der Waals surface area contributed by atoms with Gasteiger partial charge in [-0.3, -0.25) is 0 Å². The summed E-state index contributed by atoms with van der Waals surface area (Å²) in [5.74, 6) is 4.74. The van der Waals surface area contributed by atoms with Crippen LogP contribution in [0.2, 0.25) is 5.15 Å². The van der Waals surface area contributed by atoms with Crippen molar-refractivity contribution in [2.75, 3.05) is 26.0 Å². The average Bonchev–Trinajstić information content (AvgIpc) is 3.13. The van der Waals surface area contributed by atoms with Gasteiger partial charge in [0.15, 0.2) is 0 Å². The molecular formula is C23H27ClF2N6. The number of hydrogen-bond donors (Lipinski definition) is 1. The van der Waals surface area contributed by atoms with E-state index >= 15 is 8.78 Å². The third kappa shape index (κ3) is 5.17. The summed E-state index contributed by atoms with van der Waals surface area (Å²) in [6, 6.07) is 2.33. The van der Waals surface area contributed by atoms with Gasteiger partial charge in [-0.25, -0.2) is 8.78 Å².